The quantitative estimate of drug-likeness (QED) is 0.561. The van der Waals surface area contributed by atoms with E-state index in [-0.39, 0.29) is 5.41 Å². The number of aliphatic imine (C=N–C) groups is 1. The largest absolute Gasteiger partial charge is 0.291 e. The van der Waals surface area contributed by atoms with Crippen LogP contribution in [0.2, 0.25) is 0 Å². The standard InChI is InChI=1S/C11H23N/c1-8(2)10(11(5,6)7)12-9(3)4/h8-9H,1-7H3. The van der Waals surface area contributed by atoms with E-state index in [9.17, 15) is 0 Å². The van der Waals surface area contributed by atoms with E-state index in [0.717, 1.165) is 0 Å². The van der Waals surface area contributed by atoms with E-state index in [4.69, 9.17) is 0 Å². The number of nitrogens with zero attached hydrogens (tertiary/aromatic N) is 1. The molecule has 1 heteroatoms. The van der Waals surface area contributed by atoms with Crippen molar-refractivity contribution in [3.63, 3.8) is 0 Å². The molecule has 0 radical (unpaired) electrons. The molecule has 12 heavy (non-hydrogen) atoms. The summed E-state index contributed by atoms with van der Waals surface area (Å²) < 4.78 is 0. The lowest BCUT2D eigenvalue weighted by atomic mass is 9.83. The predicted molar refractivity (Wildman–Crippen MR) is 56.9 cm³/mol. The third-order valence-corrected chi connectivity index (χ3v) is 1.71. The first-order valence-corrected chi connectivity index (χ1v) is 4.83. The van der Waals surface area contributed by atoms with Gasteiger partial charge in [-0.1, -0.05) is 34.6 Å². The molecular weight excluding hydrogens is 146 g/mol. The SMILES string of the molecule is CC(C)N=C(C(C)C)C(C)(C)C. The van der Waals surface area contributed by atoms with Crippen LogP contribution in [0.25, 0.3) is 0 Å². The van der Waals surface area contributed by atoms with Gasteiger partial charge in [0.1, 0.15) is 0 Å². The lowest BCUT2D eigenvalue weighted by Gasteiger charge is -2.25. The first-order valence-electron chi connectivity index (χ1n) is 4.83. The van der Waals surface area contributed by atoms with Gasteiger partial charge in [-0.2, -0.15) is 0 Å². The lowest BCUT2D eigenvalue weighted by molar-refractivity contribution is 0.547. The Bertz CT molecular complexity index is 158. The van der Waals surface area contributed by atoms with Crippen LogP contribution in [-0.4, -0.2) is 11.8 Å². The van der Waals surface area contributed by atoms with Gasteiger partial charge in [-0.3, -0.25) is 4.99 Å². The number of rotatable bonds is 2. The van der Waals surface area contributed by atoms with Crippen molar-refractivity contribution in [2.75, 3.05) is 0 Å². The van der Waals surface area contributed by atoms with Crippen LogP contribution in [0.1, 0.15) is 48.5 Å². The molecule has 0 saturated carbocycles. The lowest BCUT2D eigenvalue weighted by Crippen LogP contribution is -2.26. The fourth-order valence-corrected chi connectivity index (χ4v) is 1.49. The van der Waals surface area contributed by atoms with Crippen LogP contribution in [0.15, 0.2) is 4.99 Å². The molecule has 0 N–H and O–H groups in total. The molecular formula is C11H23N. The fraction of sp³-hybridized carbons (Fsp3) is 0.909. The molecule has 0 rings (SSSR count). The third-order valence-electron chi connectivity index (χ3n) is 1.71. The highest BCUT2D eigenvalue weighted by atomic mass is 14.8. The molecule has 0 unspecified atom stereocenters. The molecule has 0 atom stereocenters. The van der Waals surface area contributed by atoms with Crippen LogP contribution >= 0.6 is 0 Å². The fourth-order valence-electron chi connectivity index (χ4n) is 1.49. The molecule has 0 aromatic carbocycles. The molecule has 1 nitrogen and oxygen atoms in total. The van der Waals surface area contributed by atoms with Gasteiger partial charge in [0.05, 0.1) is 0 Å². The van der Waals surface area contributed by atoms with Crippen molar-refractivity contribution in [1.82, 2.24) is 0 Å². The maximum absolute atomic E-state index is 4.66. The summed E-state index contributed by atoms with van der Waals surface area (Å²) in [4.78, 5) is 4.66. The van der Waals surface area contributed by atoms with Crippen LogP contribution in [-0.2, 0) is 0 Å². The van der Waals surface area contributed by atoms with Crippen molar-refractivity contribution in [2.45, 2.75) is 54.5 Å². The summed E-state index contributed by atoms with van der Waals surface area (Å²) in [5.74, 6) is 0.562. The van der Waals surface area contributed by atoms with E-state index in [0.29, 0.717) is 12.0 Å². The van der Waals surface area contributed by atoms with E-state index < -0.39 is 0 Å². The average Bonchev–Trinajstić information content (AvgIpc) is 1.79. The van der Waals surface area contributed by atoms with Crippen molar-refractivity contribution in [1.29, 1.82) is 0 Å². The average molecular weight is 169 g/mol. The molecule has 0 heterocycles. The molecule has 0 bridgehead atoms. The molecule has 0 amide bonds. The third kappa shape index (κ3) is 3.89. The van der Waals surface area contributed by atoms with Crippen LogP contribution in [0.5, 0.6) is 0 Å². The highest BCUT2D eigenvalue weighted by Crippen LogP contribution is 2.22. The second kappa shape index (κ2) is 4.06. The van der Waals surface area contributed by atoms with Gasteiger partial charge in [0.2, 0.25) is 0 Å². The molecule has 0 aliphatic carbocycles. The van der Waals surface area contributed by atoms with Gasteiger partial charge in [0, 0.05) is 17.2 Å². The Hall–Kier alpha value is -0.330. The molecule has 0 aromatic rings. The van der Waals surface area contributed by atoms with Crippen molar-refractivity contribution in [3.8, 4) is 0 Å². The summed E-state index contributed by atoms with van der Waals surface area (Å²) >= 11 is 0. The highest BCUT2D eigenvalue weighted by Gasteiger charge is 2.21. The molecule has 0 saturated heterocycles. The van der Waals surface area contributed by atoms with Crippen LogP contribution in [0.3, 0.4) is 0 Å². The van der Waals surface area contributed by atoms with Gasteiger partial charge in [0.15, 0.2) is 0 Å². The van der Waals surface area contributed by atoms with E-state index in [1.165, 1.54) is 5.71 Å². The number of hydrogen-bond donors (Lipinski definition) is 0. The summed E-state index contributed by atoms with van der Waals surface area (Å²) in [5.41, 5.74) is 1.55. The summed E-state index contributed by atoms with van der Waals surface area (Å²) in [7, 11) is 0. The zero-order chi connectivity index (χ0) is 9.94. The second-order valence-corrected chi connectivity index (χ2v) is 5.01. The Kier molecular flexibility index (Phi) is 3.95. The van der Waals surface area contributed by atoms with Gasteiger partial charge in [-0.05, 0) is 19.8 Å². The van der Waals surface area contributed by atoms with Crippen molar-refractivity contribution in [2.24, 2.45) is 16.3 Å². The minimum Gasteiger partial charge on any atom is -0.291 e. The van der Waals surface area contributed by atoms with E-state index in [1.54, 1.807) is 0 Å². The summed E-state index contributed by atoms with van der Waals surface area (Å²) in [6, 6.07) is 0.418. The minimum atomic E-state index is 0.221. The predicted octanol–water partition coefficient (Wildman–Crippen LogP) is 3.54. The van der Waals surface area contributed by atoms with Crippen molar-refractivity contribution >= 4 is 5.71 Å². The Morgan fingerprint density at radius 1 is 1.00 bits per heavy atom. The van der Waals surface area contributed by atoms with Gasteiger partial charge in [0.25, 0.3) is 0 Å². The Balaban J connectivity index is 4.68. The van der Waals surface area contributed by atoms with Crippen LogP contribution in [0, 0.1) is 11.3 Å². The second-order valence-electron chi connectivity index (χ2n) is 5.01. The Morgan fingerprint density at radius 3 is 1.50 bits per heavy atom. The van der Waals surface area contributed by atoms with Crippen LogP contribution in [0.4, 0.5) is 0 Å². The summed E-state index contributed by atoms with van der Waals surface area (Å²) in [5, 5.41) is 0. The first kappa shape index (κ1) is 11.7. The van der Waals surface area contributed by atoms with Crippen LogP contribution < -0.4 is 0 Å². The topological polar surface area (TPSA) is 12.4 Å². The van der Waals surface area contributed by atoms with Gasteiger partial charge < -0.3 is 0 Å². The Morgan fingerprint density at radius 2 is 1.42 bits per heavy atom. The maximum Gasteiger partial charge on any atom is 0.0443 e. The van der Waals surface area contributed by atoms with Crippen molar-refractivity contribution in [3.05, 3.63) is 0 Å². The first-order chi connectivity index (χ1) is 5.25. The molecule has 0 spiro atoms. The molecule has 0 aliphatic heterocycles. The summed E-state index contributed by atoms with van der Waals surface area (Å²) in [6.07, 6.45) is 0. The Labute approximate surface area is 77.3 Å². The van der Waals surface area contributed by atoms with Gasteiger partial charge in [-0.15, -0.1) is 0 Å². The normalized spacial score (nSPS) is 14.6. The summed E-state index contributed by atoms with van der Waals surface area (Å²) in [6.45, 7) is 15.4. The smallest absolute Gasteiger partial charge is 0.0443 e. The monoisotopic (exact) mass is 169 g/mol. The molecule has 0 fully saturated rings. The minimum absolute atomic E-state index is 0.221. The molecule has 72 valence electrons. The molecule has 0 aliphatic rings. The highest BCUT2D eigenvalue weighted by molar-refractivity contribution is 5.90. The van der Waals surface area contributed by atoms with Gasteiger partial charge >= 0.3 is 0 Å². The van der Waals surface area contributed by atoms with E-state index in [2.05, 4.69) is 53.5 Å². The van der Waals surface area contributed by atoms with E-state index in [1.807, 2.05) is 0 Å². The van der Waals surface area contributed by atoms with Crippen molar-refractivity contribution < 1.29 is 0 Å². The van der Waals surface area contributed by atoms with E-state index >= 15 is 0 Å². The van der Waals surface area contributed by atoms with Gasteiger partial charge in [-0.25, -0.2) is 0 Å². The maximum atomic E-state index is 4.66. The zero-order valence-corrected chi connectivity index (χ0v) is 9.60. The molecule has 0 aromatic heterocycles. The number of hydrogen-bond acceptors (Lipinski definition) is 1. The zero-order valence-electron chi connectivity index (χ0n) is 9.60.